The minimum Gasteiger partial charge on any atom is -0.452 e. The van der Waals surface area contributed by atoms with Crippen molar-refractivity contribution >= 4 is 101 Å². The van der Waals surface area contributed by atoms with E-state index in [1.54, 1.807) is 39.2 Å². The highest BCUT2D eigenvalue weighted by Gasteiger charge is 2.32. The van der Waals surface area contributed by atoms with Gasteiger partial charge >= 0.3 is 54.2 Å². The lowest BCUT2D eigenvalue weighted by Crippen LogP contribution is -2.51. The molecule has 35 heteroatoms. The second kappa shape index (κ2) is 54.1. The van der Waals surface area contributed by atoms with Crippen molar-refractivity contribution in [1.82, 2.24) is 60.5 Å². The largest absolute Gasteiger partial charge is 0.452 e. The molecule has 6 N–H and O–H groups in total. The van der Waals surface area contributed by atoms with Crippen LogP contribution in [-0.4, -0.2) is 330 Å². The highest BCUT2D eigenvalue weighted by atomic mass is 35.5. The monoisotopic (exact) mass is 1490 g/mol. The van der Waals surface area contributed by atoms with Gasteiger partial charge in [-0.2, -0.15) is 0 Å². The number of amides is 8. The van der Waals surface area contributed by atoms with Gasteiger partial charge in [0.15, 0.2) is 0 Å². The van der Waals surface area contributed by atoms with E-state index in [0.717, 1.165) is 52.4 Å². The van der Waals surface area contributed by atoms with Crippen molar-refractivity contribution in [3.63, 3.8) is 0 Å². The van der Waals surface area contributed by atoms with Gasteiger partial charge in [0.1, 0.15) is 55.4 Å². The van der Waals surface area contributed by atoms with Crippen LogP contribution in [0.3, 0.4) is 0 Å². The van der Waals surface area contributed by atoms with Crippen LogP contribution in [-0.2, 0) is 42.6 Å². The van der Waals surface area contributed by atoms with Crippen molar-refractivity contribution in [2.45, 2.75) is 105 Å². The van der Waals surface area contributed by atoms with Crippen LogP contribution in [0.5, 0.6) is 0 Å². The Morgan fingerprint density at radius 2 is 0.576 bits per heavy atom. The smallest absolute Gasteiger partial charge is 0.410 e. The summed E-state index contributed by atoms with van der Waals surface area (Å²) in [5.41, 5.74) is 2.07. The van der Waals surface area contributed by atoms with Crippen molar-refractivity contribution in [2.75, 3.05) is 214 Å². The molecule has 8 amide bonds. The van der Waals surface area contributed by atoms with Crippen molar-refractivity contribution < 1.29 is 87.2 Å². The number of rotatable bonds is 14. The number of carbonyl (C=O) groups is 9. The second-order valence-electron chi connectivity index (χ2n) is 25.1. The van der Waals surface area contributed by atoms with E-state index in [-0.39, 0.29) is 94.0 Å². The summed E-state index contributed by atoms with van der Waals surface area (Å²) in [7, 11) is 0. The summed E-state index contributed by atoms with van der Waals surface area (Å²) in [6.07, 6.45) is 12.2. The Hall–Kier alpha value is -6.73. The molecule has 570 valence electrons. The molecule has 0 spiro atoms. The summed E-state index contributed by atoms with van der Waals surface area (Å²) in [5.74, 6) is 7.95. The first-order valence-electron chi connectivity index (χ1n) is 32.4. The van der Waals surface area contributed by atoms with E-state index >= 15 is 0 Å². The first kappa shape index (κ1) is 94.3. The fourth-order valence-electron chi connectivity index (χ4n) is 7.69. The van der Waals surface area contributed by atoms with Gasteiger partial charge in [-0.25, -0.2) is 43.2 Å². The molecule has 5 heterocycles. The number of piperazine rings is 5. The van der Waals surface area contributed by atoms with Crippen LogP contribution in [0, 0.1) is 37.0 Å². The standard InChI is InChI=1S/C15H25N3O4.2C12H21ClN2O4.C10H17N3O2.C9H18N2O2.C3H4Cl2O2.C3H5N.H2/c1-5-6-16-7-12-21-13(19)17-8-10-18(11-9-17)14(20)22-15(2,3)4;2*1-12(2,3)19-11(17)15-7-5-14(6-8-15)10(16)18-9-4-13;1-2-3-11-6-9-15-10(14)13-7-4-12-5-8-13;1-9(2,3)13-8(12)11-6-4-10-5-7-11;4-1-2-7-3(5)6;1-2-3-4;/h1,16H,6-12H2,2-4H3;2*4-9H2,1-3H3;1,11-12H,3-9H2;10H,4-7H2,1-3H3;1-2H2;1H,3-4H2;1H. The van der Waals surface area contributed by atoms with E-state index < -0.39 is 22.2 Å². The third-order valence-corrected chi connectivity index (χ3v) is 12.8. The van der Waals surface area contributed by atoms with Gasteiger partial charge < -0.3 is 109 Å². The number of carbonyl (C=O) groups excluding carboxylic acids is 9. The molecule has 31 nitrogen and oxygen atoms in total. The molecule has 99 heavy (non-hydrogen) atoms. The lowest BCUT2D eigenvalue weighted by Gasteiger charge is -2.35. The zero-order valence-corrected chi connectivity index (χ0v) is 63.1. The van der Waals surface area contributed by atoms with Crippen molar-refractivity contribution in [3.8, 4) is 37.0 Å². The van der Waals surface area contributed by atoms with Crippen LogP contribution < -0.4 is 27.0 Å². The van der Waals surface area contributed by atoms with Gasteiger partial charge in [-0.1, -0.05) is 17.8 Å². The predicted molar refractivity (Wildman–Crippen MR) is 381 cm³/mol. The third-order valence-electron chi connectivity index (χ3n) is 12.2. The lowest BCUT2D eigenvalue weighted by molar-refractivity contribution is 0.0126. The predicted octanol–water partition coefficient (Wildman–Crippen LogP) is 6.23. The lowest BCUT2D eigenvalue weighted by atomic mass is 10.2. The van der Waals surface area contributed by atoms with E-state index in [0.29, 0.717) is 124 Å². The second-order valence-corrected chi connectivity index (χ2v) is 26.5. The summed E-state index contributed by atoms with van der Waals surface area (Å²) >= 11 is 20.7. The highest BCUT2D eigenvalue weighted by molar-refractivity contribution is 6.61. The Labute approximate surface area is 608 Å². The quantitative estimate of drug-likeness (QED) is 0.0423. The van der Waals surface area contributed by atoms with Crippen LogP contribution in [0.25, 0.3) is 0 Å². The molecule has 5 aliphatic rings. The molecule has 5 fully saturated rings. The third kappa shape index (κ3) is 52.0. The fraction of sp³-hybridized carbons (Fsp3) is 0.766. The van der Waals surface area contributed by atoms with Gasteiger partial charge in [-0.15, -0.1) is 54.1 Å². The van der Waals surface area contributed by atoms with E-state index in [9.17, 15) is 43.2 Å². The minimum absolute atomic E-state index is 0. The Kier molecular flexibility index (Phi) is 51.5. The minimum atomic E-state index is -0.805. The molecule has 0 unspecified atom stereocenters. The number of terminal acetylenes is 3. The number of hydrogen-bond donors (Lipinski definition) is 5. The molecule has 0 aromatic carbocycles. The normalized spacial score (nSPS) is 15.2. The highest BCUT2D eigenvalue weighted by Crippen LogP contribution is 2.16. The summed E-state index contributed by atoms with van der Waals surface area (Å²) < 4.78 is 45.3. The van der Waals surface area contributed by atoms with Gasteiger partial charge in [0.25, 0.3) is 0 Å². The zero-order chi connectivity index (χ0) is 75.5. The number of ether oxygens (including phenoxy) is 9. The fourth-order valence-corrected chi connectivity index (χ4v) is 8.00. The maximum absolute atomic E-state index is 11.9. The summed E-state index contributed by atoms with van der Waals surface area (Å²) in [6, 6.07) is 0. The van der Waals surface area contributed by atoms with Gasteiger partial charge in [-0.3, -0.25) is 0 Å². The van der Waals surface area contributed by atoms with Crippen LogP contribution in [0.2, 0.25) is 0 Å². The Bertz CT molecular complexity index is 2400. The molecule has 0 aromatic heterocycles. The number of nitrogens with two attached hydrogens (primary N) is 1. The molecule has 5 rings (SSSR count). The molecule has 5 aliphatic heterocycles. The molecule has 0 saturated carbocycles. The Morgan fingerprint density at radius 3 is 0.768 bits per heavy atom. The topological polar surface area (TPSA) is 337 Å². The Morgan fingerprint density at radius 1 is 0.374 bits per heavy atom. The summed E-state index contributed by atoms with van der Waals surface area (Å²) in [4.78, 5) is 116. The van der Waals surface area contributed by atoms with Gasteiger partial charge in [0, 0.05) is 157 Å². The van der Waals surface area contributed by atoms with Gasteiger partial charge in [-0.05, 0) is 83.1 Å². The van der Waals surface area contributed by atoms with E-state index in [1.165, 1.54) is 0 Å². The SMILES string of the molecule is C#CCN.C#CCNCCOC(=O)N1CCN(C(=O)OC(C)(C)C)CC1.C#CCNCCOC(=O)N1CCNCC1.CC(C)(C)OC(=O)N1CCN(C(=O)OCCCl)CC1.CC(C)(C)OC(=O)N1CCN(C(=O)OCCCl)CC1.CC(C)(C)OC(=O)N1CCNCC1.O=C(Cl)OCCCl.[HH]. The van der Waals surface area contributed by atoms with E-state index in [1.807, 2.05) is 83.1 Å². The first-order valence-corrected chi connectivity index (χ1v) is 34.4. The summed E-state index contributed by atoms with van der Waals surface area (Å²) in [5, 5.41) is 12.2. The Balaban J connectivity index is -0.00000114. The maximum atomic E-state index is 11.9. The van der Waals surface area contributed by atoms with E-state index in [2.05, 4.69) is 50.2 Å². The maximum Gasteiger partial charge on any atom is 0.410 e. The van der Waals surface area contributed by atoms with Crippen LogP contribution in [0.4, 0.5) is 43.2 Å². The van der Waals surface area contributed by atoms with Crippen LogP contribution in [0.15, 0.2) is 0 Å². The molecule has 0 radical (unpaired) electrons. The number of hydrogen-bond acceptors (Lipinski definition) is 23. The molecule has 0 bridgehead atoms. The average molecular weight is 1490 g/mol. The van der Waals surface area contributed by atoms with Crippen LogP contribution in [0.1, 0.15) is 84.5 Å². The number of nitrogens with zero attached hydrogens (tertiary/aromatic N) is 8. The molecule has 0 atom stereocenters. The van der Waals surface area contributed by atoms with Gasteiger partial charge in [0.05, 0.1) is 37.3 Å². The zero-order valence-electron chi connectivity index (χ0n) is 60.1. The number of nitrogens with one attached hydrogen (secondary N) is 4. The van der Waals surface area contributed by atoms with Crippen molar-refractivity contribution in [2.24, 2.45) is 5.73 Å². The first-order chi connectivity index (χ1) is 46.5. The molecular formula is C64H113Cl4N13O18. The van der Waals surface area contributed by atoms with Crippen LogP contribution >= 0.6 is 46.4 Å². The summed E-state index contributed by atoms with van der Waals surface area (Å²) in [6.45, 7) is 37.4. The molecule has 5 saturated heterocycles. The average Bonchev–Trinajstić information content (AvgIpc) is 0.880. The molecular weight excluding hydrogens is 1380 g/mol. The van der Waals surface area contributed by atoms with E-state index in [4.69, 9.17) is 103 Å². The molecule has 0 aliphatic carbocycles. The number of halogens is 4. The number of alkyl halides is 3. The van der Waals surface area contributed by atoms with Crippen molar-refractivity contribution in [1.29, 1.82) is 0 Å². The van der Waals surface area contributed by atoms with Gasteiger partial charge in [0.2, 0.25) is 0 Å². The van der Waals surface area contributed by atoms with Crippen molar-refractivity contribution in [3.05, 3.63) is 0 Å². The molecule has 0 aromatic rings.